The van der Waals surface area contributed by atoms with Gasteiger partial charge in [0.2, 0.25) is 15.9 Å². The number of carbonyl (C=O) groups excluding carboxylic acids is 1. The molecule has 11 heteroatoms. The number of nitrogens with zero attached hydrogens (tertiary/aromatic N) is 2. The molecular weight excluding hydrogens is 462 g/mol. The number of thiazole rings is 1. The van der Waals surface area contributed by atoms with E-state index in [0.717, 1.165) is 9.87 Å². The van der Waals surface area contributed by atoms with Gasteiger partial charge in [-0.25, -0.2) is 13.4 Å². The van der Waals surface area contributed by atoms with Crippen molar-refractivity contribution < 1.29 is 22.7 Å². The van der Waals surface area contributed by atoms with Crippen LogP contribution in [0.4, 0.5) is 5.13 Å². The number of hydrogen-bond donors (Lipinski definition) is 1. The van der Waals surface area contributed by atoms with Crippen molar-refractivity contribution in [2.45, 2.75) is 4.90 Å². The van der Waals surface area contributed by atoms with E-state index in [0.29, 0.717) is 40.6 Å². The number of hydrogen-bond acceptors (Lipinski definition) is 7. The van der Waals surface area contributed by atoms with Crippen molar-refractivity contribution in [3.63, 3.8) is 0 Å². The molecule has 0 spiro atoms. The van der Waals surface area contributed by atoms with Crippen LogP contribution in [0.1, 0.15) is 0 Å². The van der Waals surface area contributed by atoms with Crippen molar-refractivity contribution in [2.75, 3.05) is 32.1 Å². The number of halogens is 1. The molecule has 162 valence electrons. The van der Waals surface area contributed by atoms with Gasteiger partial charge in [-0.05, 0) is 42.5 Å². The van der Waals surface area contributed by atoms with Gasteiger partial charge in [-0.15, -0.1) is 11.3 Å². The number of rotatable bonds is 6. The Labute approximate surface area is 188 Å². The van der Waals surface area contributed by atoms with E-state index in [1.165, 1.54) is 42.6 Å². The van der Waals surface area contributed by atoms with Crippen LogP contribution in [0.5, 0.6) is 11.5 Å². The summed E-state index contributed by atoms with van der Waals surface area (Å²) in [4.78, 5) is 16.9. The predicted octanol–water partition coefficient (Wildman–Crippen LogP) is 3.49. The first-order valence-electron chi connectivity index (χ1n) is 9.20. The molecule has 0 saturated heterocycles. The Morgan fingerprint density at radius 3 is 2.61 bits per heavy atom. The summed E-state index contributed by atoms with van der Waals surface area (Å²) in [7, 11) is -2.48. The molecule has 1 aliphatic heterocycles. The van der Waals surface area contributed by atoms with Crippen molar-refractivity contribution in [2.24, 2.45) is 0 Å². The maximum atomic E-state index is 12.6. The molecule has 0 radical (unpaired) electrons. The van der Waals surface area contributed by atoms with E-state index in [-0.39, 0.29) is 11.4 Å². The molecule has 2 heterocycles. The van der Waals surface area contributed by atoms with Gasteiger partial charge in [-0.3, -0.25) is 4.79 Å². The minimum Gasteiger partial charge on any atom is -0.486 e. The van der Waals surface area contributed by atoms with Crippen LogP contribution < -0.4 is 14.8 Å². The van der Waals surface area contributed by atoms with Gasteiger partial charge in [-0.2, -0.15) is 4.31 Å². The molecule has 2 aromatic carbocycles. The summed E-state index contributed by atoms with van der Waals surface area (Å²) in [5, 5.41) is 5.24. The highest BCUT2D eigenvalue weighted by molar-refractivity contribution is 7.89. The topological polar surface area (TPSA) is 97.8 Å². The summed E-state index contributed by atoms with van der Waals surface area (Å²) in [6.07, 6.45) is 0. The summed E-state index contributed by atoms with van der Waals surface area (Å²) in [6, 6.07) is 11.3. The lowest BCUT2D eigenvalue weighted by Crippen LogP contribution is -2.34. The van der Waals surface area contributed by atoms with Crippen LogP contribution in [0.25, 0.3) is 11.3 Å². The molecule has 1 aromatic heterocycles. The smallest absolute Gasteiger partial charge is 0.243 e. The fraction of sp³-hybridized carbons (Fsp3) is 0.200. The summed E-state index contributed by atoms with van der Waals surface area (Å²) in [5.74, 6) is 0.836. The van der Waals surface area contributed by atoms with Gasteiger partial charge in [0.1, 0.15) is 13.2 Å². The summed E-state index contributed by atoms with van der Waals surface area (Å²) < 4.78 is 37.3. The Bertz CT molecular complexity index is 1210. The minimum atomic E-state index is -3.82. The molecule has 0 aliphatic carbocycles. The van der Waals surface area contributed by atoms with Crippen LogP contribution in [0, 0.1) is 0 Å². The number of anilines is 1. The average molecular weight is 480 g/mol. The Kier molecular flexibility index (Phi) is 6.15. The second kappa shape index (κ2) is 8.83. The van der Waals surface area contributed by atoms with Crippen molar-refractivity contribution in [1.82, 2.24) is 9.29 Å². The molecule has 1 amide bonds. The molecular formula is C20H18ClN3O5S2. The SMILES string of the molecule is CN(CC(=O)Nc1nc(-c2ccc3c(c2)OCCO3)cs1)S(=O)(=O)c1ccc(Cl)cc1. The largest absolute Gasteiger partial charge is 0.486 e. The first kappa shape index (κ1) is 21.6. The maximum Gasteiger partial charge on any atom is 0.243 e. The first-order valence-corrected chi connectivity index (χ1v) is 11.9. The number of amides is 1. The summed E-state index contributed by atoms with van der Waals surface area (Å²) >= 11 is 7.05. The number of aromatic nitrogens is 1. The third-order valence-corrected chi connectivity index (χ3v) is 7.30. The number of carbonyl (C=O) groups is 1. The van der Waals surface area contributed by atoms with E-state index in [4.69, 9.17) is 21.1 Å². The first-order chi connectivity index (χ1) is 14.8. The van der Waals surface area contributed by atoms with Crippen molar-refractivity contribution in [1.29, 1.82) is 0 Å². The van der Waals surface area contributed by atoms with E-state index in [1.54, 1.807) is 5.38 Å². The third kappa shape index (κ3) is 4.82. The van der Waals surface area contributed by atoms with Crippen LogP contribution in [0.3, 0.4) is 0 Å². The Morgan fingerprint density at radius 1 is 1.16 bits per heavy atom. The van der Waals surface area contributed by atoms with Crippen LogP contribution in [0.15, 0.2) is 52.7 Å². The molecule has 0 atom stereocenters. The lowest BCUT2D eigenvalue weighted by molar-refractivity contribution is -0.116. The summed E-state index contributed by atoms with van der Waals surface area (Å²) in [6.45, 7) is 0.645. The van der Waals surface area contributed by atoms with Crippen LogP contribution >= 0.6 is 22.9 Å². The highest BCUT2D eigenvalue weighted by Crippen LogP contribution is 2.35. The van der Waals surface area contributed by atoms with E-state index in [1.807, 2.05) is 18.2 Å². The molecule has 0 bridgehead atoms. The number of sulfonamides is 1. The number of fused-ring (bicyclic) bond motifs is 1. The number of nitrogens with one attached hydrogen (secondary N) is 1. The predicted molar refractivity (Wildman–Crippen MR) is 118 cm³/mol. The zero-order chi connectivity index (χ0) is 22.0. The molecule has 8 nitrogen and oxygen atoms in total. The normalized spacial score (nSPS) is 13.3. The highest BCUT2D eigenvalue weighted by atomic mass is 35.5. The molecule has 3 aromatic rings. The lowest BCUT2D eigenvalue weighted by Gasteiger charge is -2.18. The van der Waals surface area contributed by atoms with Gasteiger partial charge in [0.25, 0.3) is 0 Å². The van der Waals surface area contributed by atoms with Gasteiger partial charge in [0, 0.05) is 23.0 Å². The quantitative estimate of drug-likeness (QED) is 0.581. The Hall–Kier alpha value is -2.66. The third-order valence-electron chi connectivity index (χ3n) is 4.48. The maximum absolute atomic E-state index is 12.6. The van der Waals surface area contributed by atoms with Gasteiger partial charge in [-0.1, -0.05) is 11.6 Å². The lowest BCUT2D eigenvalue weighted by atomic mass is 10.1. The Morgan fingerprint density at radius 2 is 1.87 bits per heavy atom. The highest BCUT2D eigenvalue weighted by Gasteiger charge is 2.23. The average Bonchev–Trinajstić information content (AvgIpc) is 3.22. The molecule has 31 heavy (non-hydrogen) atoms. The van der Waals surface area contributed by atoms with Crippen LogP contribution in [0.2, 0.25) is 5.02 Å². The van der Waals surface area contributed by atoms with Gasteiger partial charge in [0.05, 0.1) is 17.1 Å². The molecule has 1 aliphatic rings. The monoisotopic (exact) mass is 479 g/mol. The molecule has 0 unspecified atom stereocenters. The van der Waals surface area contributed by atoms with E-state index in [2.05, 4.69) is 10.3 Å². The zero-order valence-corrected chi connectivity index (χ0v) is 18.8. The second-order valence-electron chi connectivity index (χ2n) is 6.66. The fourth-order valence-corrected chi connectivity index (χ4v) is 4.89. The van der Waals surface area contributed by atoms with Gasteiger partial charge in [0.15, 0.2) is 16.6 Å². The van der Waals surface area contributed by atoms with Crippen LogP contribution in [-0.2, 0) is 14.8 Å². The fourth-order valence-electron chi connectivity index (χ4n) is 2.90. The standard InChI is InChI=1S/C20H18ClN3O5S2/c1-24(31(26,27)15-5-3-14(21)4-6-15)11-19(25)23-20-22-16(12-30-20)13-2-7-17-18(10-13)29-9-8-28-17/h2-7,10,12H,8-9,11H2,1H3,(H,22,23,25). The van der Waals surface area contributed by atoms with E-state index < -0.39 is 15.9 Å². The molecule has 1 N–H and O–H groups in total. The number of ether oxygens (including phenoxy) is 2. The minimum absolute atomic E-state index is 0.0577. The van der Waals surface area contributed by atoms with Crippen LogP contribution in [-0.4, -0.2) is 50.4 Å². The zero-order valence-electron chi connectivity index (χ0n) is 16.4. The Balaban J connectivity index is 1.41. The second-order valence-corrected chi connectivity index (χ2v) is 10.00. The van der Waals surface area contributed by atoms with Crippen molar-refractivity contribution >= 4 is 44.0 Å². The van der Waals surface area contributed by atoms with E-state index >= 15 is 0 Å². The molecule has 0 saturated carbocycles. The number of benzene rings is 2. The number of likely N-dealkylation sites (N-methyl/N-ethyl adjacent to an activating group) is 1. The van der Waals surface area contributed by atoms with E-state index in [9.17, 15) is 13.2 Å². The van der Waals surface area contributed by atoms with Gasteiger partial charge < -0.3 is 14.8 Å². The summed E-state index contributed by atoms with van der Waals surface area (Å²) in [5.41, 5.74) is 1.49. The van der Waals surface area contributed by atoms with Crippen molar-refractivity contribution in [3.05, 3.63) is 52.9 Å². The van der Waals surface area contributed by atoms with Crippen molar-refractivity contribution in [3.8, 4) is 22.8 Å². The molecule has 0 fully saturated rings. The molecule has 4 rings (SSSR count). The van der Waals surface area contributed by atoms with Gasteiger partial charge >= 0.3 is 0 Å².